The largest absolute Gasteiger partial charge is 0.510 e. The van der Waals surface area contributed by atoms with Crippen LogP contribution in [0.1, 0.15) is 17.5 Å². The van der Waals surface area contributed by atoms with Crippen molar-refractivity contribution < 1.29 is 48.7 Å². The third kappa shape index (κ3) is 4.14. The number of fused-ring (bicyclic) bond motifs is 5. The van der Waals surface area contributed by atoms with E-state index in [4.69, 9.17) is 24.7 Å². The van der Waals surface area contributed by atoms with E-state index in [1.54, 1.807) is 43.3 Å². The number of Topliss-reactive ketones (excluding diaryl/α,β-unsaturated/α-hetero) is 2. The summed E-state index contributed by atoms with van der Waals surface area (Å²) in [6.07, 6.45) is 0.481. The number of benzene rings is 3. The number of likely N-dealkylation sites (N-methyl/N-ethyl adjacent to an activating group) is 1. The molecular weight excluding hydrogens is 608 g/mol. The first-order chi connectivity index (χ1) is 22.5. The summed E-state index contributed by atoms with van der Waals surface area (Å²) in [5.74, 6) is -4.20. The lowest BCUT2D eigenvalue weighted by Gasteiger charge is -2.46. The van der Waals surface area contributed by atoms with Gasteiger partial charge in [0.05, 0.1) is 17.5 Å². The second-order valence-corrected chi connectivity index (χ2v) is 12.6. The maximum Gasteiger partial charge on any atom is 0.255 e. The average Bonchev–Trinajstić information content (AvgIpc) is 3.69. The van der Waals surface area contributed by atoms with Crippen LogP contribution in [0.25, 0.3) is 28.0 Å². The van der Waals surface area contributed by atoms with Crippen LogP contribution in [0.15, 0.2) is 59.4 Å². The lowest BCUT2D eigenvalue weighted by atomic mass is 9.59. The van der Waals surface area contributed by atoms with Crippen molar-refractivity contribution in [2.24, 2.45) is 23.5 Å². The second kappa shape index (κ2) is 10.3. The van der Waals surface area contributed by atoms with Gasteiger partial charge in [-0.3, -0.25) is 19.3 Å². The van der Waals surface area contributed by atoms with Crippen molar-refractivity contribution in [3.05, 3.63) is 70.5 Å². The van der Waals surface area contributed by atoms with Crippen LogP contribution in [0.5, 0.6) is 28.7 Å². The summed E-state index contributed by atoms with van der Waals surface area (Å²) < 4.78 is 22.2. The van der Waals surface area contributed by atoms with Crippen LogP contribution in [-0.2, 0) is 20.8 Å². The number of amides is 1. The number of hydrogen-bond acceptors (Lipinski definition) is 11. The van der Waals surface area contributed by atoms with E-state index in [0.29, 0.717) is 45.3 Å². The Balaban J connectivity index is 1.33. The molecule has 1 fully saturated rings. The van der Waals surface area contributed by atoms with Crippen LogP contribution >= 0.6 is 0 Å². The molecule has 0 bridgehead atoms. The van der Waals surface area contributed by atoms with Crippen LogP contribution in [-0.4, -0.2) is 71.4 Å². The molecule has 5 N–H and O–H groups in total. The van der Waals surface area contributed by atoms with E-state index >= 15 is 0 Å². The average molecular weight is 639 g/mol. The molecule has 2 aliphatic heterocycles. The first-order valence-electron chi connectivity index (χ1n) is 15.1. The lowest BCUT2D eigenvalue weighted by Crippen LogP contribution is -2.55. The van der Waals surface area contributed by atoms with Crippen LogP contribution in [0.2, 0.25) is 0 Å². The molecule has 3 aromatic rings. The van der Waals surface area contributed by atoms with Crippen LogP contribution < -0.4 is 24.7 Å². The highest BCUT2D eigenvalue weighted by Gasteiger charge is 2.56. The molecule has 4 atom stereocenters. The Morgan fingerprint density at radius 2 is 1.43 bits per heavy atom. The number of ether oxygens (including phenoxy) is 4. The fraction of sp³-hybridized carbons (Fsp3) is 0.286. The number of hydrogen-bond donors (Lipinski definition) is 4. The van der Waals surface area contributed by atoms with Crippen LogP contribution in [0.3, 0.4) is 0 Å². The van der Waals surface area contributed by atoms with Gasteiger partial charge in [-0.1, -0.05) is 12.1 Å². The number of carbonyl (C=O) groups excluding carboxylic acids is 3. The molecule has 12 nitrogen and oxygen atoms in total. The van der Waals surface area contributed by atoms with Crippen molar-refractivity contribution in [2.45, 2.75) is 18.9 Å². The number of carbonyl (C=O) groups is 3. The summed E-state index contributed by atoms with van der Waals surface area (Å²) in [5, 5.41) is 34.9. The fourth-order valence-corrected chi connectivity index (χ4v) is 7.94. The molecule has 1 saturated carbocycles. The Morgan fingerprint density at radius 3 is 2.02 bits per heavy atom. The normalized spacial score (nSPS) is 24.0. The standard InChI is InChI=1S/C35H30N2O10/c1-37(2)29-20-8-16-7-19-17(14-3-5-21-23(9-14)46-12-44-21)11-18(15-4-6-22-24(10-15)47-13-45-22)30(38)26(19)31(39)25(16)32(40)27(20)33(41)28(34(29)42)35(36)43/h3-6,9-11,16,20,27,29,38-39,42H,7-8,12-13H2,1-2H3,(H2,36,43)/t16?,20?,27?,29-/m0/s1. The first-order valence-corrected chi connectivity index (χ1v) is 15.1. The van der Waals surface area contributed by atoms with E-state index in [1.807, 2.05) is 18.2 Å². The molecule has 3 aromatic carbocycles. The molecule has 0 aromatic heterocycles. The summed E-state index contributed by atoms with van der Waals surface area (Å²) >= 11 is 0. The number of nitrogens with zero attached hydrogens (tertiary/aromatic N) is 1. The third-order valence-corrected chi connectivity index (χ3v) is 9.93. The molecule has 0 saturated heterocycles. The molecule has 12 heteroatoms. The number of aliphatic hydroxyl groups excluding tert-OH is 2. The van der Waals surface area contributed by atoms with E-state index in [0.717, 1.165) is 5.56 Å². The number of phenolic OH excluding ortho intramolecular Hbond substituents is 1. The van der Waals surface area contributed by atoms with Gasteiger partial charge in [-0.05, 0) is 91.4 Å². The van der Waals surface area contributed by atoms with Crippen molar-refractivity contribution >= 4 is 23.2 Å². The predicted octanol–water partition coefficient (Wildman–Crippen LogP) is 3.64. The predicted molar refractivity (Wildman–Crippen MR) is 166 cm³/mol. The number of aliphatic hydroxyl groups is 2. The SMILES string of the molecule is CN(C)[C@@H]1C(O)=C(C(N)=O)C(=O)C2C(=O)C3=C(O)c4c(O)c(-c5ccc6c(c5)OCO6)cc(-c5ccc6c(c5)OCO6)c4CC3CC21. The Bertz CT molecular complexity index is 2010. The van der Waals surface area contributed by atoms with Crippen LogP contribution in [0.4, 0.5) is 0 Å². The molecule has 2 heterocycles. The van der Waals surface area contributed by atoms with E-state index in [9.17, 15) is 29.7 Å². The van der Waals surface area contributed by atoms with Gasteiger partial charge in [0, 0.05) is 11.1 Å². The molecule has 5 aliphatic rings. The van der Waals surface area contributed by atoms with E-state index in [-0.39, 0.29) is 43.3 Å². The minimum absolute atomic E-state index is 0.00425. The van der Waals surface area contributed by atoms with Gasteiger partial charge in [-0.25, -0.2) is 0 Å². The summed E-state index contributed by atoms with van der Waals surface area (Å²) in [4.78, 5) is 41.8. The lowest BCUT2D eigenvalue weighted by molar-refractivity contribution is -0.136. The zero-order valence-electron chi connectivity index (χ0n) is 25.4. The summed E-state index contributed by atoms with van der Waals surface area (Å²) in [7, 11) is 3.37. The van der Waals surface area contributed by atoms with Gasteiger partial charge in [-0.15, -0.1) is 0 Å². The highest BCUT2D eigenvalue weighted by molar-refractivity contribution is 6.28. The molecule has 47 heavy (non-hydrogen) atoms. The van der Waals surface area contributed by atoms with Gasteiger partial charge in [0.15, 0.2) is 34.6 Å². The Labute approximate surface area is 268 Å². The number of aromatic hydroxyl groups is 1. The summed E-state index contributed by atoms with van der Waals surface area (Å²) in [6, 6.07) is 11.7. The molecule has 1 amide bonds. The number of phenols is 1. The van der Waals surface area contributed by atoms with Gasteiger partial charge in [0.1, 0.15) is 22.8 Å². The minimum Gasteiger partial charge on any atom is -0.510 e. The topological polar surface area (TPSA) is 178 Å². The Kier molecular flexibility index (Phi) is 6.32. The molecule has 0 radical (unpaired) electrons. The fourth-order valence-electron chi connectivity index (χ4n) is 7.94. The smallest absolute Gasteiger partial charge is 0.255 e. The van der Waals surface area contributed by atoms with Crippen molar-refractivity contribution in [2.75, 3.05) is 27.7 Å². The third-order valence-electron chi connectivity index (χ3n) is 9.93. The molecule has 0 spiro atoms. The zero-order valence-corrected chi connectivity index (χ0v) is 25.4. The molecule has 240 valence electrons. The van der Waals surface area contributed by atoms with Gasteiger partial charge < -0.3 is 40.0 Å². The van der Waals surface area contributed by atoms with E-state index < -0.39 is 58.4 Å². The zero-order chi connectivity index (χ0) is 32.9. The summed E-state index contributed by atoms with van der Waals surface area (Å²) in [6.45, 7) is 0.146. The number of ketones is 2. The quantitative estimate of drug-likeness (QED) is 0.242. The van der Waals surface area contributed by atoms with Crippen molar-refractivity contribution in [1.29, 1.82) is 0 Å². The van der Waals surface area contributed by atoms with E-state index in [1.165, 1.54) is 0 Å². The summed E-state index contributed by atoms with van der Waals surface area (Å²) in [5.41, 5.74) is 7.94. The molecular formula is C35H30N2O10. The number of nitrogens with two attached hydrogens (primary N) is 1. The van der Waals surface area contributed by atoms with Gasteiger partial charge in [-0.2, -0.15) is 0 Å². The number of rotatable bonds is 4. The van der Waals surface area contributed by atoms with Crippen molar-refractivity contribution in [3.63, 3.8) is 0 Å². The Hall–Kier alpha value is -5.49. The first kappa shape index (κ1) is 28.9. The molecule has 3 unspecified atom stereocenters. The number of allylic oxidation sites excluding steroid dienone is 1. The van der Waals surface area contributed by atoms with Crippen molar-refractivity contribution in [1.82, 2.24) is 4.90 Å². The molecule has 8 rings (SSSR count). The maximum absolute atomic E-state index is 14.3. The highest BCUT2D eigenvalue weighted by Crippen LogP contribution is 2.54. The highest BCUT2D eigenvalue weighted by atomic mass is 16.7. The van der Waals surface area contributed by atoms with Gasteiger partial charge in [0.2, 0.25) is 13.6 Å². The molecule has 3 aliphatic carbocycles. The van der Waals surface area contributed by atoms with Gasteiger partial charge >= 0.3 is 0 Å². The second-order valence-electron chi connectivity index (χ2n) is 12.6. The minimum atomic E-state index is -1.34. The number of primary amides is 1. The van der Waals surface area contributed by atoms with Crippen LogP contribution in [0, 0.1) is 17.8 Å². The monoisotopic (exact) mass is 638 g/mol. The Morgan fingerprint density at radius 1 is 0.830 bits per heavy atom. The van der Waals surface area contributed by atoms with Crippen molar-refractivity contribution in [3.8, 4) is 51.0 Å². The maximum atomic E-state index is 14.3. The van der Waals surface area contributed by atoms with E-state index in [2.05, 4.69) is 0 Å². The van der Waals surface area contributed by atoms with Gasteiger partial charge in [0.25, 0.3) is 5.91 Å².